The first-order valence-corrected chi connectivity index (χ1v) is 6.47. The Hall–Kier alpha value is -1.14. The Kier molecular flexibility index (Phi) is 4.19. The molecule has 1 aliphatic carbocycles. The highest BCUT2D eigenvalue weighted by Gasteiger charge is 2.35. The van der Waals surface area contributed by atoms with Crippen molar-refractivity contribution in [2.24, 2.45) is 11.7 Å². The Labute approximate surface area is 107 Å². The molecule has 0 aromatic heterocycles. The van der Waals surface area contributed by atoms with E-state index in [4.69, 9.17) is 10.5 Å². The number of carbonyl (C=O) groups is 2. The van der Waals surface area contributed by atoms with Gasteiger partial charge in [0.25, 0.3) is 5.91 Å². The van der Waals surface area contributed by atoms with E-state index in [2.05, 4.69) is 0 Å². The van der Waals surface area contributed by atoms with Crippen LogP contribution in [0.25, 0.3) is 0 Å². The third-order valence-corrected chi connectivity index (χ3v) is 3.60. The average Bonchev–Trinajstić information content (AvgIpc) is 3.24. The van der Waals surface area contributed by atoms with Crippen LogP contribution in [0.15, 0.2) is 0 Å². The van der Waals surface area contributed by atoms with E-state index in [1.165, 1.54) is 7.11 Å². The SMILES string of the molecule is COC(CN)C(=O)N1CCN(C(=O)C2CC2)CC1. The summed E-state index contributed by atoms with van der Waals surface area (Å²) >= 11 is 0. The van der Waals surface area contributed by atoms with Crippen molar-refractivity contribution >= 4 is 11.8 Å². The van der Waals surface area contributed by atoms with Gasteiger partial charge >= 0.3 is 0 Å². The second-order valence-electron chi connectivity index (χ2n) is 4.88. The minimum absolute atomic E-state index is 0.0708. The molecule has 1 unspecified atom stereocenters. The third kappa shape index (κ3) is 2.81. The Morgan fingerprint density at radius 3 is 2.22 bits per heavy atom. The van der Waals surface area contributed by atoms with Crippen LogP contribution in [0.5, 0.6) is 0 Å². The molecule has 1 saturated carbocycles. The van der Waals surface area contributed by atoms with Crippen molar-refractivity contribution in [3.8, 4) is 0 Å². The second kappa shape index (κ2) is 5.67. The maximum atomic E-state index is 12.0. The van der Waals surface area contributed by atoms with E-state index in [1.54, 1.807) is 4.90 Å². The van der Waals surface area contributed by atoms with E-state index in [1.807, 2.05) is 4.90 Å². The van der Waals surface area contributed by atoms with Crippen LogP contribution < -0.4 is 5.73 Å². The van der Waals surface area contributed by atoms with Gasteiger partial charge in [-0.25, -0.2) is 0 Å². The number of methoxy groups -OCH3 is 1. The standard InChI is InChI=1S/C12H21N3O3/c1-18-10(8-13)12(17)15-6-4-14(5-7-15)11(16)9-2-3-9/h9-10H,2-8,13H2,1H3. The van der Waals surface area contributed by atoms with Crippen LogP contribution in [0.3, 0.4) is 0 Å². The molecule has 1 atom stereocenters. The van der Waals surface area contributed by atoms with Crippen LogP contribution in [0.4, 0.5) is 0 Å². The minimum atomic E-state index is -0.560. The lowest BCUT2D eigenvalue weighted by Gasteiger charge is -2.36. The molecule has 0 radical (unpaired) electrons. The van der Waals surface area contributed by atoms with Crippen molar-refractivity contribution < 1.29 is 14.3 Å². The molecule has 1 heterocycles. The molecule has 2 aliphatic rings. The highest BCUT2D eigenvalue weighted by atomic mass is 16.5. The highest BCUT2D eigenvalue weighted by molar-refractivity contribution is 5.83. The van der Waals surface area contributed by atoms with Crippen LogP contribution in [0, 0.1) is 5.92 Å². The molecule has 1 saturated heterocycles. The fraction of sp³-hybridized carbons (Fsp3) is 0.833. The van der Waals surface area contributed by atoms with E-state index in [-0.39, 0.29) is 24.3 Å². The number of piperazine rings is 1. The van der Waals surface area contributed by atoms with Gasteiger partial charge in [-0.3, -0.25) is 9.59 Å². The van der Waals surface area contributed by atoms with Crippen LogP contribution in [-0.4, -0.2) is 67.6 Å². The molecule has 2 fully saturated rings. The van der Waals surface area contributed by atoms with E-state index in [0.717, 1.165) is 12.8 Å². The van der Waals surface area contributed by atoms with Gasteiger partial charge in [-0.1, -0.05) is 0 Å². The Morgan fingerprint density at radius 2 is 1.78 bits per heavy atom. The first-order valence-electron chi connectivity index (χ1n) is 6.47. The maximum Gasteiger partial charge on any atom is 0.253 e. The van der Waals surface area contributed by atoms with Crippen molar-refractivity contribution in [1.82, 2.24) is 9.80 Å². The van der Waals surface area contributed by atoms with Gasteiger partial charge in [0.05, 0.1) is 0 Å². The molecule has 0 bridgehead atoms. The number of rotatable bonds is 4. The van der Waals surface area contributed by atoms with Gasteiger partial charge < -0.3 is 20.3 Å². The Morgan fingerprint density at radius 1 is 1.22 bits per heavy atom. The van der Waals surface area contributed by atoms with Crippen LogP contribution in [-0.2, 0) is 14.3 Å². The fourth-order valence-electron chi connectivity index (χ4n) is 2.24. The summed E-state index contributed by atoms with van der Waals surface area (Å²) in [6.07, 6.45) is 1.49. The van der Waals surface area contributed by atoms with Crippen molar-refractivity contribution in [2.75, 3.05) is 39.8 Å². The number of amides is 2. The van der Waals surface area contributed by atoms with Gasteiger partial charge in [0.15, 0.2) is 0 Å². The number of ether oxygens (including phenoxy) is 1. The molecule has 0 spiro atoms. The molecule has 102 valence electrons. The summed E-state index contributed by atoms with van der Waals surface area (Å²) in [5.41, 5.74) is 5.48. The van der Waals surface area contributed by atoms with E-state index < -0.39 is 6.10 Å². The van der Waals surface area contributed by atoms with Crippen molar-refractivity contribution in [3.05, 3.63) is 0 Å². The summed E-state index contributed by atoms with van der Waals surface area (Å²) in [7, 11) is 1.49. The van der Waals surface area contributed by atoms with Gasteiger partial charge in [-0.05, 0) is 12.8 Å². The molecule has 1 aliphatic heterocycles. The topological polar surface area (TPSA) is 75.9 Å². The van der Waals surface area contributed by atoms with Gasteiger partial charge in [0.2, 0.25) is 5.91 Å². The zero-order chi connectivity index (χ0) is 13.1. The van der Waals surface area contributed by atoms with E-state index in [0.29, 0.717) is 26.2 Å². The molecular weight excluding hydrogens is 234 g/mol. The highest BCUT2D eigenvalue weighted by Crippen LogP contribution is 2.31. The van der Waals surface area contributed by atoms with E-state index in [9.17, 15) is 9.59 Å². The molecular formula is C12H21N3O3. The van der Waals surface area contributed by atoms with Crippen molar-refractivity contribution in [2.45, 2.75) is 18.9 Å². The lowest BCUT2D eigenvalue weighted by atomic mass is 10.2. The Balaban J connectivity index is 1.82. The maximum absolute atomic E-state index is 12.0. The lowest BCUT2D eigenvalue weighted by Crippen LogP contribution is -2.54. The number of carbonyl (C=O) groups excluding carboxylic acids is 2. The average molecular weight is 255 g/mol. The number of hydrogen-bond acceptors (Lipinski definition) is 4. The molecule has 6 nitrogen and oxygen atoms in total. The monoisotopic (exact) mass is 255 g/mol. The first-order chi connectivity index (χ1) is 8.67. The van der Waals surface area contributed by atoms with Crippen LogP contribution in [0.1, 0.15) is 12.8 Å². The zero-order valence-electron chi connectivity index (χ0n) is 10.8. The number of nitrogens with zero attached hydrogens (tertiary/aromatic N) is 2. The summed E-state index contributed by atoms with van der Waals surface area (Å²) in [5.74, 6) is 0.436. The van der Waals surface area contributed by atoms with Crippen molar-refractivity contribution in [3.63, 3.8) is 0 Å². The smallest absolute Gasteiger partial charge is 0.253 e. The van der Waals surface area contributed by atoms with Crippen molar-refractivity contribution in [1.29, 1.82) is 0 Å². The normalized spacial score (nSPS) is 21.9. The fourth-order valence-corrected chi connectivity index (χ4v) is 2.24. The zero-order valence-corrected chi connectivity index (χ0v) is 10.8. The molecule has 2 N–H and O–H groups in total. The van der Waals surface area contributed by atoms with E-state index >= 15 is 0 Å². The number of nitrogens with two attached hydrogens (primary N) is 1. The predicted octanol–water partition coefficient (Wildman–Crippen LogP) is -0.959. The van der Waals surface area contributed by atoms with Gasteiger partial charge in [0, 0.05) is 45.8 Å². The summed E-state index contributed by atoms with van der Waals surface area (Å²) in [6, 6.07) is 0. The lowest BCUT2D eigenvalue weighted by molar-refractivity contribution is -0.146. The predicted molar refractivity (Wildman–Crippen MR) is 65.7 cm³/mol. The van der Waals surface area contributed by atoms with Gasteiger partial charge in [-0.15, -0.1) is 0 Å². The molecule has 2 amide bonds. The summed E-state index contributed by atoms with van der Waals surface area (Å²) < 4.78 is 5.04. The van der Waals surface area contributed by atoms with Crippen LogP contribution >= 0.6 is 0 Å². The largest absolute Gasteiger partial charge is 0.370 e. The summed E-state index contributed by atoms with van der Waals surface area (Å²) in [5, 5.41) is 0. The third-order valence-electron chi connectivity index (χ3n) is 3.60. The molecule has 18 heavy (non-hydrogen) atoms. The summed E-state index contributed by atoms with van der Waals surface area (Å²) in [4.78, 5) is 27.5. The minimum Gasteiger partial charge on any atom is -0.370 e. The van der Waals surface area contributed by atoms with Gasteiger partial charge in [-0.2, -0.15) is 0 Å². The molecule has 2 rings (SSSR count). The summed E-state index contributed by atoms with van der Waals surface area (Å²) in [6.45, 7) is 2.61. The first kappa shape index (κ1) is 13.3. The molecule has 0 aromatic carbocycles. The Bertz CT molecular complexity index is 319. The molecule has 0 aromatic rings. The number of hydrogen-bond donors (Lipinski definition) is 1. The van der Waals surface area contributed by atoms with Crippen LogP contribution in [0.2, 0.25) is 0 Å². The quantitative estimate of drug-likeness (QED) is 0.702. The second-order valence-corrected chi connectivity index (χ2v) is 4.88. The molecule has 6 heteroatoms. The van der Waals surface area contributed by atoms with Gasteiger partial charge in [0.1, 0.15) is 6.10 Å².